The van der Waals surface area contributed by atoms with Crippen LogP contribution in [0.25, 0.3) is 0 Å². The highest BCUT2D eigenvalue weighted by molar-refractivity contribution is 9.11. The number of halogens is 1. The second-order valence-corrected chi connectivity index (χ2v) is 6.28. The molecule has 1 aromatic heterocycles. The lowest BCUT2D eigenvalue weighted by Gasteiger charge is -2.13. The molecule has 0 spiro atoms. The van der Waals surface area contributed by atoms with Crippen LogP contribution in [0, 0.1) is 6.92 Å². The molecule has 0 saturated heterocycles. The Morgan fingerprint density at radius 3 is 2.67 bits per heavy atom. The normalized spacial score (nSPS) is 12.2. The third-order valence-corrected chi connectivity index (χ3v) is 3.58. The number of benzene rings is 1. The summed E-state index contributed by atoms with van der Waals surface area (Å²) in [7, 11) is 0. The van der Waals surface area contributed by atoms with E-state index in [0.29, 0.717) is 6.61 Å². The van der Waals surface area contributed by atoms with Crippen molar-refractivity contribution in [1.82, 2.24) is 10.2 Å². The zero-order valence-corrected chi connectivity index (χ0v) is 12.6. The predicted octanol–water partition coefficient (Wildman–Crippen LogP) is 3.49. The molecular weight excluding hydrogens is 314 g/mol. The minimum absolute atomic E-state index is 0.172. The Labute approximate surface area is 119 Å². The van der Waals surface area contributed by atoms with Gasteiger partial charge in [0.05, 0.1) is 6.04 Å². The molecule has 1 heterocycles. The van der Waals surface area contributed by atoms with Gasteiger partial charge in [0.15, 0.2) is 3.92 Å². The van der Waals surface area contributed by atoms with Crippen LogP contribution in [0.5, 0.6) is 5.75 Å². The molecule has 0 aliphatic rings. The van der Waals surface area contributed by atoms with Gasteiger partial charge in [-0.15, -0.1) is 10.2 Å². The summed E-state index contributed by atoms with van der Waals surface area (Å²) in [4.78, 5) is 0. The summed E-state index contributed by atoms with van der Waals surface area (Å²) < 4.78 is 6.46. The molecule has 1 N–H and O–H groups in total. The molecule has 0 saturated carbocycles. The molecule has 0 amide bonds. The molecule has 1 aromatic carbocycles. The molecule has 6 heteroatoms. The fraction of sp³-hybridized carbons (Fsp3) is 0.333. The van der Waals surface area contributed by atoms with Gasteiger partial charge in [0.2, 0.25) is 5.13 Å². The van der Waals surface area contributed by atoms with Crippen LogP contribution in [0.4, 0.5) is 5.13 Å². The summed E-state index contributed by atoms with van der Waals surface area (Å²) >= 11 is 4.75. The Hall–Kier alpha value is -1.14. The second kappa shape index (κ2) is 6.15. The average Bonchev–Trinajstić information content (AvgIpc) is 2.74. The molecule has 2 aromatic rings. The maximum atomic E-state index is 5.68. The first-order valence-corrected chi connectivity index (χ1v) is 7.19. The van der Waals surface area contributed by atoms with Gasteiger partial charge in [-0.05, 0) is 41.9 Å². The first-order chi connectivity index (χ1) is 8.63. The van der Waals surface area contributed by atoms with Gasteiger partial charge in [0.1, 0.15) is 12.4 Å². The van der Waals surface area contributed by atoms with Gasteiger partial charge in [-0.3, -0.25) is 0 Å². The SMILES string of the molecule is Cc1ccc(OCC(C)Nc2nnc(Br)s2)cc1. The Morgan fingerprint density at radius 2 is 2.06 bits per heavy atom. The van der Waals surface area contributed by atoms with Gasteiger partial charge in [-0.25, -0.2) is 0 Å². The molecule has 0 radical (unpaired) electrons. The van der Waals surface area contributed by atoms with Crippen molar-refractivity contribution < 1.29 is 4.74 Å². The monoisotopic (exact) mass is 327 g/mol. The van der Waals surface area contributed by atoms with E-state index in [9.17, 15) is 0 Å². The van der Waals surface area contributed by atoms with Crippen molar-refractivity contribution >= 4 is 32.4 Å². The smallest absolute Gasteiger partial charge is 0.206 e. The number of hydrogen-bond donors (Lipinski definition) is 1. The van der Waals surface area contributed by atoms with E-state index in [1.165, 1.54) is 16.9 Å². The number of ether oxygens (including phenoxy) is 1. The van der Waals surface area contributed by atoms with Gasteiger partial charge in [-0.1, -0.05) is 29.0 Å². The first kappa shape index (κ1) is 13.3. The van der Waals surface area contributed by atoms with Crippen LogP contribution >= 0.6 is 27.3 Å². The van der Waals surface area contributed by atoms with Crippen LogP contribution < -0.4 is 10.1 Å². The van der Waals surface area contributed by atoms with Gasteiger partial charge in [-0.2, -0.15) is 0 Å². The van der Waals surface area contributed by atoms with Gasteiger partial charge in [0, 0.05) is 0 Å². The lowest BCUT2D eigenvalue weighted by Crippen LogP contribution is -2.23. The van der Waals surface area contributed by atoms with Crippen LogP contribution in [-0.2, 0) is 0 Å². The molecule has 1 atom stereocenters. The minimum Gasteiger partial charge on any atom is -0.491 e. The van der Waals surface area contributed by atoms with E-state index in [1.54, 1.807) is 0 Å². The number of anilines is 1. The highest BCUT2D eigenvalue weighted by Crippen LogP contribution is 2.20. The molecule has 1 unspecified atom stereocenters. The largest absolute Gasteiger partial charge is 0.491 e. The minimum atomic E-state index is 0.172. The zero-order chi connectivity index (χ0) is 13.0. The third-order valence-electron chi connectivity index (χ3n) is 2.29. The molecule has 2 rings (SSSR count). The molecule has 96 valence electrons. The van der Waals surface area contributed by atoms with Gasteiger partial charge in [0.25, 0.3) is 0 Å². The predicted molar refractivity (Wildman–Crippen MR) is 77.4 cm³/mol. The quantitative estimate of drug-likeness (QED) is 0.913. The Bertz CT molecular complexity index is 500. The molecule has 0 aliphatic heterocycles. The van der Waals surface area contributed by atoms with Gasteiger partial charge < -0.3 is 10.1 Å². The van der Waals surface area contributed by atoms with Crippen molar-refractivity contribution in [2.45, 2.75) is 19.9 Å². The van der Waals surface area contributed by atoms with E-state index in [-0.39, 0.29) is 6.04 Å². The van der Waals surface area contributed by atoms with E-state index < -0.39 is 0 Å². The molecule has 18 heavy (non-hydrogen) atoms. The fourth-order valence-electron chi connectivity index (χ4n) is 1.37. The molecule has 0 bridgehead atoms. The summed E-state index contributed by atoms with van der Waals surface area (Å²) in [6.07, 6.45) is 0. The van der Waals surface area contributed by atoms with Crippen molar-refractivity contribution in [2.24, 2.45) is 0 Å². The highest BCUT2D eigenvalue weighted by Gasteiger charge is 2.07. The average molecular weight is 328 g/mol. The third kappa shape index (κ3) is 3.96. The van der Waals surface area contributed by atoms with E-state index in [4.69, 9.17) is 4.74 Å². The first-order valence-electron chi connectivity index (χ1n) is 5.58. The van der Waals surface area contributed by atoms with Crippen molar-refractivity contribution in [3.63, 3.8) is 0 Å². The van der Waals surface area contributed by atoms with Gasteiger partial charge >= 0.3 is 0 Å². The van der Waals surface area contributed by atoms with Crippen LogP contribution in [-0.4, -0.2) is 22.8 Å². The Kier molecular flexibility index (Phi) is 4.54. The number of hydrogen-bond acceptors (Lipinski definition) is 5. The zero-order valence-electron chi connectivity index (χ0n) is 10.2. The lowest BCUT2D eigenvalue weighted by atomic mass is 10.2. The fourth-order valence-corrected chi connectivity index (χ4v) is 2.49. The lowest BCUT2D eigenvalue weighted by molar-refractivity contribution is 0.304. The molecule has 0 fully saturated rings. The Balaban J connectivity index is 1.81. The number of nitrogens with zero attached hydrogens (tertiary/aromatic N) is 2. The molecule has 0 aliphatic carbocycles. The molecule has 4 nitrogen and oxygen atoms in total. The van der Waals surface area contributed by atoms with E-state index in [1.807, 2.05) is 31.2 Å². The maximum absolute atomic E-state index is 5.68. The highest BCUT2D eigenvalue weighted by atomic mass is 79.9. The summed E-state index contributed by atoms with van der Waals surface area (Å²) in [5.74, 6) is 0.882. The maximum Gasteiger partial charge on any atom is 0.206 e. The van der Waals surface area contributed by atoms with E-state index >= 15 is 0 Å². The van der Waals surface area contributed by atoms with Crippen LogP contribution in [0.15, 0.2) is 28.2 Å². The van der Waals surface area contributed by atoms with Crippen LogP contribution in [0.1, 0.15) is 12.5 Å². The van der Waals surface area contributed by atoms with Crippen LogP contribution in [0.2, 0.25) is 0 Å². The number of nitrogens with one attached hydrogen (secondary N) is 1. The van der Waals surface area contributed by atoms with Crippen LogP contribution in [0.3, 0.4) is 0 Å². The van der Waals surface area contributed by atoms with Crippen molar-refractivity contribution in [3.05, 3.63) is 33.7 Å². The Morgan fingerprint density at radius 1 is 1.33 bits per heavy atom. The topological polar surface area (TPSA) is 47.0 Å². The van der Waals surface area contributed by atoms with E-state index in [0.717, 1.165) is 14.8 Å². The van der Waals surface area contributed by atoms with Crippen molar-refractivity contribution in [1.29, 1.82) is 0 Å². The second-order valence-electron chi connectivity index (χ2n) is 4.03. The number of aryl methyl sites for hydroxylation is 1. The number of aromatic nitrogens is 2. The standard InChI is InChI=1S/C12H14BrN3OS/c1-8-3-5-10(6-4-8)17-7-9(2)14-12-16-15-11(13)18-12/h3-6,9H,7H2,1-2H3,(H,14,16). The summed E-state index contributed by atoms with van der Waals surface area (Å²) in [6, 6.07) is 8.20. The summed E-state index contributed by atoms with van der Waals surface area (Å²) in [5.41, 5.74) is 1.23. The van der Waals surface area contributed by atoms with Crippen molar-refractivity contribution in [3.8, 4) is 5.75 Å². The summed E-state index contributed by atoms with van der Waals surface area (Å²) in [5, 5.41) is 11.9. The number of rotatable bonds is 5. The molecular formula is C12H14BrN3OS. The summed E-state index contributed by atoms with van der Waals surface area (Å²) in [6.45, 7) is 4.69. The van der Waals surface area contributed by atoms with E-state index in [2.05, 4.69) is 38.4 Å². The van der Waals surface area contributed by atoms with Crippen molar-refractivity contribution in [2.75, 3.05) is 11.9 Å².